The van der Waals surface area contributed by atoms with Crippen molar-refractivity contribution in [3.8, 4) is 0 Å². The minimum Gasteiger partial charge on any atom is -0.324 e. The van der Waals surface area contributed by atoms with Crippen molar-refractivity contribution in [2.24, 2.45) is 0 Å². The number of hydrogen-bond acceptors (Lipinski definition) is 3. The van der Waals surface area contributed by atoms with Crippen LogP contribution in [0.4, 0.5) is 5.69 Å². The number of carbonyl (C=O) groups is 1. The Labute approximate surface area is 147 Å². The number of amides is 1. The number of rotatable bonds is 4. The van der Waals surface area contributed by atoms with Crippen molar-refractivity contribution in [3.63, 3.8) is 0 Å². The maximum Gasteiger partial charge on any atom is 0.241 e. The molecule has 1 aliphatic heterocycles. The minimum absolute atomic E-state index is 0.0739. The van der Waals surface area contributed by atoms with E-state index in [9.17, 15) is 4.79 Å². The molecule has 1 N–H and O–H groups in total. The molecule has 4 heteroatoms. The molecule has 0 aliphatic carbocycles. The molecule has 0 radical (unpaired) electrons. The molecule has 0 spiro atoms. The van der Waals surface area contributed by atoms with Crippen LogP contribution in [0.1, 0.15) is 18.4 Å². The summed E-state index contributed by atoms with van der Waals surface area (Å²) < 4.78 is 0. The van der Waals surface area contributed by atoms with Gasteiger partial charge >= 0.3 is 0 Å². The Hall–Kier alpha value is -2.72. The van der Waals surface area contributed by atoms with Crippen LogP contribution >= 0.6 is 0 Å². The van der Waals surface area contributed by atoms with Gasteiger partial charge in [-0.2, -0.15) is 0 Å². The summed E-state index contributed by atoms with van der Waals surface area (Å²) >= 11 is 0. The van der Waals surface area contributed by atoms with Crippen LogP contribution in [0, 0.1) is 0 Å². The van der Waals surface area contributed by atoms with Gasteiger partial charge in [-0.1, -0.05) is 36.4 Å². The van der Waals surface area contributed by atoms with Crippen molar-refractivity contribution in [3.05, 3.63) is 72.4 Å². The number of nitrogens with one attached hydrogen (secondary N) is 1. The largest absolute Gasteiger partial charge is 0.324 e. The Morgan fingerprint density at radius 2 is 1.96 bits per heavy atom. The lowest BCUT2D eigenvalue weighted by Crippen LogP contribution is -2.39. The van der Waals surface area contributed by atoms with Crippen molar-refractivity contribution >= 4 is 22.5 Å². The third kappa shape index (κ3) is 3.39. The molecule has 0 saturated carbocycles. The maximum atomic E-state index is 12.9. The lowest BCUT2D eigenvalue weighted by molar-refractivity contribution is -0.120. The summed E-state index contributed by atoms with van der Waals surface area (Å²) in [6.45, 7) is 1.78. The van der Waals surface area contributed by atoms with E-state index in [2.05, 4.69) is 27.3 Å². The normalized spacial score (nSPS) is 17.7. The van der Waals surface area contributed by atoms with E-state index in [1.165, 1.54) is 5.56 Å². The Kier molecular flexibility index (Phi) is 4.44. The van der Waals surface area contributed by atoms with Gasteiger partial charge in [-0.05, 0) is 49.2 Å². The van der Waals surface area contributed by atoms with Gasteiger partial charge in [-0.25, -0.2) is 0 Å². The summed E-state index contributed by atoms with van der Waals surface area (Å²) in [5.74, 6) is 0.0739. The molecule has 4 nitrogen and oxygen atoms in total. The van der Waals surface area contributed by atoms with E-state index in [0.29, 0.717) is 0 Å². The van der Waals surface area contributed by atoms with E-state index >= 15 is 0 Å². The number of fused-ring (bicyclic) bond motifs is 1. The monoisotopic (exact) mass is 331 g/mol. The van der Waals surface area contributed by atoms with Gasteiger partial charge in [0.25, 0.3) is 0 Å². The average Bonchev–Trinajstić information content (AvgIpc) is 3.11. The number of pyridine rings is 1. The predicted molar refractivity (Wildman–Crippen MR) is 100 cm³/mol. The third-order valence-corrected chi connectivity index (χ3v) is 4.80. The number of benzene rings is 2. The molecule has 2 heterocycles. The highest BCUT2D eigenvalue weighted by Gasteiger charge is 2.30. The predicted octanol–water partition coefficient (Wildman–Crippen LogP) is 3.84. The van der Waals surface area contributed by atoms with Crippen LogP contribution in [0.15, 0.2) is 66.9 Å². The van der Waals surface area contributed by atoms with Crippen LogP contribution in [0.25, 0.3) is 10.9 Å². The van der Waals surface area contributed by atoms with E-state index in [4.69, 9.17) is 0 Å². The number of likely N-dealkylation sites (tertiary alicyclic amines) is 1. The number of anilines is 1. The van der Waals surface area contributed by atoms with E-state index in [1.807, 2.05) is 48.5 Å². The van der Waals surface area contributed by atoms with Crippen LogP contribution < -0.4 is 5.32 Å². The fraction of sp³-hybridized carbons (Fsp3) is 0.238. The maximum absolute atomic E-state index is 12.9. The minimum atomic E-state index is -0.0767. The highest BCUT2D eigenvalue weighted by molar-refractivity contribution is 6.02. The number of aromatic nitrogens is 1. The lowest BCUT2D eigenvalue weighted by Gasteiger charge is -2.24. The van der Waals surface area contributed by atoms with Crippen molar-refractivity contribution < 1.29 is 4.79 Å². The molecule has 3 aromatic rings. The van der Waals surface area contributed by atoms with Crippen LogP contribution in [-0.4, -0.2) is 28.4 Å². The molecule has 126 valence electrons. The molecule has 25 heavy (non-hydrogen) atoms. The van der Waals surface area contributed by atoms with E-state index in [1.54, 1.807) is 6.20 Å². The first-order chi connectivity index (χ1) is 12.3. The van der Waals surface area contributed by atoms with Crippen LogP contribution in [0.5, 0.6) is 0 Å². The summed E-state index contributed by atoms with van der Waals surface area (Å²) in [5, 5.41) is 4.10. The summed E-state index contributed by atoms with van der Waals surface area (Å²) in [6, 6.07) is 20.0. The van der Waals surface area contributed by atoms with Gasteiger partial charge in [-0.15, -0.1) is 0 Å². The molecule has 0 bridgehead atoms. The quantitative estimate of drug-likeness (QED) is 0.790. The lowest BCUT2D eigenvalue weighted by atomic mass is 10.1. The van der Waals surface area contributed by atoms with Gasteiger partial charge in [-0.3, -0.25) is 14.7 Å². The third-order valence-electron chi connectivity index (χ3n) is 4.80. The zero-order chi connectivity index (χ0) is 17.1. The van der Waals surface area contributed by atoms with Crippen molar-refractivity contribution in [1.29, 1.82) is 0 Å². The topological polar surface area (TPSA) is 45.2 Å². The average molecular weight is 331 g/mol. The zero-order valence-corrected chi connectivity index (χ0v) is 14.1. The molecule has 4 rings (SSSR count). The molecule has 1 fully saturated rings. The first-order valence-electron chi connectivity index (χ1n) is 8.74. The van der Waals surface area contributed by atoms with Gasteiger partial charge in [0.15, 0.2) is 0 Å². The number of hydrogen-bond donors (Lipinski definition) is 1. The van der Waals surface area contributed by atoms with Gasteiger partial charge in [0.2, 0.25) is 5.91 Å². The second kappa shape index (κ2) is 7.03. The first kappa shape index (κ1) is 15.8. The molecule has 1 aliphatic rings. The molecule has 1 aromatic heterocycles. The second-order valence-corrected chi connectivity index (χ2v) is 6.48. The van der Waals surface area contributed by atoms with E-state index in [-0.39, 0.29) is 11.9 Å². The van der Waals surface area contributed by atoms with Gasteiger partial charge in [0.05, 0.1) is 17.2 Å². The standard InChI is InChI=1S/C21H21N3O/c25-21(23-19-11-4-10-18-17(19)9-5-13-22-18)20-12-6-14-24(20)15-16-7-2-1-3-8-16/h1-5,7-11,13,20H,6,12,14-15H2,(H,23,25). The van der Waals surface area contributed by atoms with Gasteiger partial charge < -0.3 is 5.32 Å². The molecule has 1 saturated heterocycles. The summed E-state index contributed by atoms with van der Waals surface area (Å²) in [5.41, 5.74) is 2.98. The van der Waals surface area contributed by atoms with Crippen molar-refractivity contribution in [1.82, 2.24) is 9.88 Å². The Morgan fingerprint density at radius 1 is 1.08 bits per heavy atom. The van der Waals surface area contributed by atoms with Crippen molar-refractivity contribution in [2.75, 3.05) is 11.9 Å². The summed E-state index contributed by atoms with van der Waals surface area (Å²) in [6.07, 6.45) is 3.73. The molecular weight excluding hydrogens is 310 g/mol. The molecule has 1 amide bonds. The number of nitrogens with zero attached hydrogens (tertiary/aromatic N) is 2. The van der Waals surface area contributed by atoms with Crippen LogP contribution in [0.2, 0.25) is 0 Å². The summed E-state index contributed by atoms with van der Waals surface area (Å²) in [7, 11) is 0. The Bertz CT molecular complexity index is 873. The van der Waals surface area contributed by atoms with E-state index in [0.717, 1.165) is 42.5 Å². The highest BCUT2D eigenvalue weighted by atomic mass is 16.2. The Morgan fingerprint density at radius 3 is 2.84 bits per heavy atom. The molecular formula is C21H21N3O. The Balaban J connectivity index is 1.51. The second-order valence-electron chi connectivity index (χ2n) is 6.48. The van der Waals surface area contributed by atoms with Gasteiger partial charge in [0, 0.05) is 18.1 Å². The highest BCUT2D eigenvalue weighted by Crippen LogP contribution is 2.25. The fourth-order valence-corrected chi connectivity index (χ4v) is 3.56. The smallest absolute Gasteiger partial charge is 0.241 e. The first-order valence-corrected chi connectivity index (χ1v) is 8.74. The summed E-state index contributed by atoms with van der Waals surface area (Å²) in [4.78, 5) is 19.5. The molecule has 1 unspecified atom stereocenters. The van der Waals surface area contributed by atoms with Crippen LogP contribution in [-0.2, 0) is 11.3 Å². The zero-order valence-electron chi connectivity index (χ0n) is 14.1. The molecule has 2 aromatic carbocycles. The SMILES string of the molecule is O=C(Nc1cccc2ncccc12)C1CCCN1Cc1ccccc1. The van der Waals surface area contributed by atoms with Crippen molar-refractivity contribution in [2.45, 2.75) is 25.4 Å². The number of carbonyl (C=O) groups excluding carboxylic acids is 1. The fourth-order valence-electron chi connectivity index (χ4n) is 3.56. The van der Waals surface area contributed by atoms with Crippen LogP contribution in [0.3, 0.4) is 0 Å². The van der Waals surface area contributed by atoms with E-state index < -0.39 is 0 Å². The van der Waals surface area contributed by atoms with Gasteiger partial charge in [0.1, 0.15) is 0 Å². The molecule has 1 atom stereocenters.